The zero-order valence-corrected chi connectivity index (χ0v) is 10.5. The van der Waals surface area contributed by atoms with E-state index >= 15 is 0 Å². The van der Waals surface area contributed by atoms with Crippen molar-refractivity contribution in [2.24, 2.45) is 0 Å². The van der Waals surface area contributed by atoms with Crippen LogP contribution in [0.3, 0.4) is 0 Å². The van der Waals surface area contributed by atoms with Crippen molar-refractivity contribution in [2.45, 2.75) is 26.2 Å². The van der Waals surface area contributed by atoms with Gasteiger partial charge in [0.25, 0.3) is 0 Å². The van der Waals surface area contributed by atoms with E-state index in [-0.39, 0.29) is 5.75 Å². The number of aromatic hydroxyl groups is 1. The average Bonchev–Trinajstić information content (AvgIpc) is 2.26. The molecule has 0 aliphatic heterocycles. The maximum Gasteiger partial charge on any atom is 0.161 e. The number of likely N-dealkylation sites (N-methyl/N-ethyl adjacent to an activating group) is 1. The standard InChI is InChI=1S/C13H21NO2/c1-9(2)10-5-6-12(16-4)13(15)11(10)7-8-14-3/h5-6,9,14-15H,7-8H2,1-4H3. The molecule has 0 saturated carbocycles. The Balaban J connectivity index is 3.14. The molecule has 1 aromatic rings. The summed E-state index contributed by atoms with van der Waals surface area (Å²) in [6, 6.07) is 3.86. The fraction of sp³-hybridized carbons (Fsp3) is 0.538. The van der Waals surface area contributed by atoms with E-state index < -0.39 is 0 Å². The Kier molecular flexibility index (Phi) is 4.62. The van der Waals surface area contributed by atoms with Crippen LogP contribution in [0, 0.1) is 0 Å². The zero-order valence-electron chi connectivity index (χ0n) is 10.5. The number of benzene rings is 1. The molecule has 90 valence electrons. The summed E-state index contributed by atoms with van der Waals surface area (Å²) < 4.78 is 5.13. The molecule has 16 heavy (non-hydrogen) atoms. The van der Waals surface area contributed by atoms with Gasteiger partial charge >= 0.3 is 0 Å². The number of phenolic OH excluding ortho intramolecular Hbond substituents is 1. The number of hydrogen-bond acceptors (Lipinski definition) is 3. The van der Waals surface area contributed by atoms with Gasteiger partial charge < -0.3 is 15.2 Å². The molecule has 0 saturated heterocycles. The molecule has 0 heterocycles. The van der Waals surface area contributed by atoms with Gasteiger partial charge in [-0.05, 0) is 37.6 Å². The van der Waals surface area contributed by atoms with Crippen molar-refractivity contribution in [3.8, 4) is 11.5 Å². The third-order valence-electron chi connectivity index (χ3n) is 2.75. The second kappa shape index (κ2) is 5.75. The van der Waals surface area contributed by atoms with Gasteiger partial charge in [-0.25, -0.2) is 0 Å². The quantitative estimate of drug-likeness (QED) is 0.804. The van der Waals surface area contributed by atoms with Gasteiger partial charge in [-0.15, -0.1) is 0 Å². The molecule has 1 aromatic carbocycles. The Morgan fingerprint density at radius 3 is 2.56 bits per heavy atom. The molecule has 2 N–H and O–H groups in total. The third-order valence-corrected chi connectivity index (χ3v) is 2.75. The molecule has 3 nitrogen and oxygen atoms in total. The first-order valence-corrected chi connectivity index (χ1v) is 5.65. The highest BCUT2D eigenvalue weighted by Gasteiger charge is 2.14. The zero-order chi connectivity index (χ0) is 12.1. The van der Waals surface area contributed by atoms with E-state index in [0.29, 0.717) is 11.7 Å². The maximum atomic E-state index is 10.1. The van der Waals surface area contributed by atoms with Gasteiger partial charge in [0.2, 0.25) is 0 Å². The summed E-state index contributed by atoms with van der Waals surface area (Å²) in [5, 5.41) is 13.2. The van der Waals surface area contributed by atoms with Crippen molar-refractivity contribution >= 4 is 0 Å². The Hall–Kier alpha value is -1.22. The summed E-state index contributed by atoms with van der Waals surface area (Å²) in [5.41, 5.74) is 2.18. The van der Waals surface area contributed by atoms with E-state index in [0.717, 1.165) is 18.5 Å². The monoisotopic (exact) mass is 223 g/mol. The van der Waals surface area contributed by atoms with Crippen LogP contribution in [0.4, 0.5) is 0 Å². The highest BCUT2D eigenvalue weighted by Crippen LogP contribution is 2.35. The largest absolute Gasteiger partial charge is 0.504 e. The number of methoxy groups -OCH3 is 1. The van der Waals surface area contributed by atoms with Crippen LogP contribution >= 0.6 is 0 Å². The highest BCUT2D eigenvalue weighted by molar-refractivity contribution is 5.50. The van der Waals surface area contributed by atoms with Gasteiger partial charge in [0.1, 0.15) is 0 Å². The first kappa shape index (κ1) is 12.8. The minimum absolute atomic E-state index is 0.281. The van der Waals surface area contributed by atoms with Gasteiger partial charge in [0.05, 0.1) is 7.11 Å². The van der Waals surface area contributed by atoms with Crippen molar-refractivity contribution in [1.29, 1.82) is 0 Å². The van der Waals surface area contributed by atoms with Crippen LogP contribution in [-0.4, -0.2) is 25.8 Å². The summed E-state index contributed by atoms with van der Waals surface area (Å²) in [7, 11) is 3.48. The molecule has 0 amide bonds. The lowest BCUT2D eigenvalue weighted by molar-refractivity contribution is 0.369. The van der Waals surface area contributed by atoms with E-state index in [1.54, 1.807) is 7.11 Å². The van der Waals surface area contributed by atoms with Crippen molar-refractivity contribution < 1.29 is 9.84 Å². The number of hydrogen-bond donors (Lipinski definition) is 2. The van der Waals surface area contributed by atoms with Crippen molar-refractivity contribution in [3.63, 3.8) is 0 Å². The number of ether oxygens (including phenoxy) is 1. The Bertz CT molecular complexity index is 348. The molecule has 0 bridgehead atoms. The van der Waals surface area contributed by atoms with Gasteiger partial charge in [-0.2, -0.15) is 0 Å². The molecule has 0 aliphatic carbocycles. The second-order valence-electron chi connectivity index (χ2n) is 4.19. The van der Waals surface area contributed by atoms with E-state index in [1.165, 1.54) is 5.56 Å². The highest BCUT2D eigenvalue weighted by atomic mass is 16.5. The molecule has 0 radical (unpaired) electrons. The second-order valence-corrected chi connectivity index (χ2v) is 4.19. The van der Waals surface area contributed by atoms with Crippen LogP contribution in [0.1, 0.15) is 30.9 Å². The number of phenols is 1. The first-order valence-electron chi connectivity index (χ1n) is 5.65. The fourth-order valence-corrected chi connectivity index (χ4v) is 1.85. The van der Waals surface area contributed by atoms with Crippen LogP contribution in [-0.2, 0) is 6.42 Å². The SMILES string of the molecule is CNCCc1c(C(C)C)ccc(OC)c1O. The lowest BCUT2D eigenvalue weighted by atomic mass is 9.94. The molecule has 1 rings (SSSR count). The van der Waals surface area contributed by atoms with E-state index in [4.69, 9.17) is 4.74 Å². The number of rotatable bonds is 5. The van der Waals surface area contributed by atoms with E-state index in [2.05, 4.69) is 19.2 Å². The molecule has 0 unspecified atom stereocenters. The summed E-state index contributed by atoms with van der Waals surface area (Å²) in [6.07, 6.45) is 0.813. The molecule has 0 aliphatic rings. The van der Waals surface area contributed by atoms with Gasteiger partial charge in [0.15, 0.2) is 11.5 Å². The molecular formula is C13H21NO2. The van der Waals surface area contributed by atoms with Gasteiger partial charge in [-0.1, -0.05) is 19.9 Å². The first-order chi connectivity index (χ1) is 7.61. The fourth-order valence-electron chi connectivity index (χ4n) is 1.85. The predicted octanol–water partition coefficient (Wildman–Crippen LogP) is 2.29. The molecule has 3 heteroatoms. The Morgan fingerprint density at radius 2 is 2.06 bits per heavy atom. The summed E-state index contributed by atoms with van der Waals surface area (Å²) in [6.45, 7) is 5.11. The third kappa shape index (κ3) is 2.67. The maximum absolute atomic E-state index is 10.1. The lowest BCUT2D eigenvalue weighted by Crippen LogP contribution is -2.12. The van der Waals surface area contributed by atoms with Crippen LogP contribution in [0.5, 0.6) is 11.5 Å². The van der Waals surface area contributed by atoms with Crippen molar-refractivity contribution in [3.05, 3.63) is 23.3 Å². The van der Waals surface area contributed by atoms with E-state index in [1.807, 2.05) is 19.2 Å². The molecule has 0 aromatic heterocycles. The lowest BCUT2D eigenvalue weighted by Gasteiger charge is -2.16. The van der Waals surface area contributed by atoms with Crippen LogP contribution in [0.15, 0.2) is 12.1 Å². The summed E-state index contributed by atoms with van der Waals surface area (Å²) in [5.74, 6) is 1.24. The summed E-state index contributed by atoms with van der Waals surface area (Å²) in [4.78, 5) is 0. The topological polar surface area (TPSA) is 41.5 Å². The average molecular weight is 223 g/mol. The van der Waals surface area contributed by atoms with Crippen molar-refractivity contribution in [2.75, 3.05) is 20.7 Å². The van der Waals surface area contributed by atoms with Crippen LogP contribution in [0.2, 0.25) is 0 Å². The molecule has 0 spiro atoms. The van der Waals surface area contributed by atoms with Crippen LogP contribution < -0.4 is 10.1 Å². The summed E-state index contributed by atoms with van der Waals surface area (Å²) >= 11 is 0. The molecule has 0 fully saturated rings. The van der Waals surface area contributed by atoms with Gasteiger partial charge in [-0.3, -0.25) is 0 Å². The number of nitrogens with one attached hydrogen (secondary N) is 1. The van der Waals surface area contributed by atoms with Crippen LogP contribution in [0.25, 0.3) is 0 Å². The predicted molar refractivity (Wildman–Crippen MR) is 66.4 cm³/mol. The van der Waals surface area contributed by atoms with E-state index in [9.17, 15) is 5.11 Å². The minimum atomic E-state index is 0.281. The smallest absolute Gasteiger partial charge is 0.161 e. The molecule has 0 atom stereocenters. The minimum Gasteiger partial charge on any atom is -0.504 e. The molecular weight excluding hydrogens is 202 g/mol. The Morgan fingerprint density at radius 1 is 1.38 bits per heavy atom. The Labute approximate surface area is 97.4 Å². The van der Waals surface area contributed by atoms with Crippen molar-refractivity contribution in [1.82, 2.24) is 5.32 Å². The normalized spacial score (nSPS) is 10.8. The van der Waals surface area contributed by atoms with Gasteiger partial charge in [0, 0.05) is 5.56 Å².